The Bertz CT molecular complexity index is 3520. The van der Waals surface area contributed by atoms with Gasteiger partial charge in [-0.05, 0) is 93.6 Å². The molecule has 0 saturated heterocycles. The van der Waals surface area contributed by atoms with E-state index < -0.39 is 0 Å². The van der Waals surface area contributed by atoms with Crippen molar-refractivity contribution in [1.82, 2.24) is 19.5 Å². The Morgan fingerprint density at radius 1 is 0.466 bits per heavy atom. The van der Waals surface area contributed by atoms with Gasteiger partial charge in [0.15, 0.2) is 17.5 Å². The molecule has 272 valence electrons. The van der Waals surface area contributed by atoms with Gasteiger partial charge in [-0.25, -0.2) is 15.0 Å². The van der Waals surface area contributed by atoms with E-state index in [9.17, 15) is 0 Å². The monoisotopic (exact) mass is 758 g/mol. The van der Waals surface area contributed by atoms with Crippen molar-refractivity contribution in [2.75, 3.05) is 0 Å². The van der Waals surface area contributed by atoms with Crippen LogP contribution < -0.4 is 0 Å². The number of hydrogen-bond acceptors (Lipinski definition) is 4. The molecule has 0 fully saturated rings. The number of para-hydroxylation sites is 1. The zero-order chi connectivity index (χ0) is 38.2. The molecule has 3 aromatic heterocycles. The number of allylic oxidation sites excluding steroid dienone is 4. The predicted octanol–water partition coefficient (Wildman–Crippen LogP) is 14.4. The summed E-state index contributed by atoms with van der Waals surface area (Å²) in [5.74, 6) is 2.13. The van der Waals surface area contributed by atoms with E-state index in [-0.39, 0.29) is 0 Å². The highest BCUT2D eigenvalue weighted by atomic mass is 32.1. The first kappa shape index (κ1) is 33.0. The van der Waals surface area contributed by atoms with Gasteiger partial charge in [-0.1, -0.05) is 140 Å². The number of fused-ring (bicyclic) bond motifs is 9. The fourth-order valence-corrected chi connectivity index (χ4v) is 10.1. The first-order valence-electron chi connectivity index (χ1n) is 19.8. The van der Waals surface area contributed by atoms with Crippen LogP contribution in [0.4, 0.5) is 0 Å². The predicted molar refractivity (Wildman–Crippen MR) is 245 cm³/mol. The largest absolute Gasteiger partial charge is 0.309 e. The van der Waals surface area contributed by atoms with Crippen molar-refractivity contribution in [3.05, 3.63) is 188 Å². The van der Waals surface area contributed by atoms with Gasteiger partial charge in [0.1, 0.15) is 0 Å². The van der Waals surface area contributed by atoms with Crippen molar-refractivity contribution < 1.29 is 0 Å². The Balaban J connectivity index is 1.02. The lowest BCUT2D eigenvalue weighted by Gasteiger charge is -2.13. The Hall–Kier alpha value is -7.21. The minimum absolute atomic E-state index is 0.694. The van der Waals surface area contributed by atoms with Gasteiger partial charge in [-0.3, -0.25) is 0 Å². The van der Waals surface area contributed by atoms with Crippen molar-refractivity contribution in [2.24, 2.45) is 0 Å². The summed E-state index contributed by atoms with van der Waals surface area (Å²) in [7, 11) is 0. The van der Waals surface area contributed by atoms with Gasteiger partial charge >= 0.3 is 0 Å². The van der Waals surface area contributed by atoms with Crippen LogP contribution in [0.2, 0.25) is 0 Å². The number of benzene rings is 8. The molecule has 0 radical (unpaired) electrons. The molecular weight excluding hydrogens is 725 g/mol. The highest BCUT2D eigenvalue weighted by molar-refractivity contribution is 7.26. The van der Waals surface area contributed by atoms with E-state index in [1.54, 1.807) is 0 Å². The molecule has 0 amide bonds. The van der Waals surface area contributed by atoms with Gasteiger partial charge in [0.05, 0.1) is 11.0 Å². The number of thiophene rings is 1. The van der Waals surface area contributed by atoms with Crippen molar-refractivity contribution in [1.29, 1.82) is 0 Å². The topological polar surface area (TPSA) is 43.6 Å². The molecule has 0 aliphatic heterocycles. The SMILES string of the molecule is C1=CCCC(c2nc(-c3ccccc3)nc(-c3ccc4c(c3)sc3cc(-c5cccc(-n6c7ccccc7c7cc8ccccc8cc76)c5)c5ccccc5c34)n2)=C1. The normalized spacial score (nSPS) is 13.1. The van der Waals surface area contributed by atoms with E-state index in [2.05, 4.69) is 168 Å². The Morgan fingerprint density at radius 3 is 2.03 bits per heavy atom. The average Bonchev–Trinajstić information content (AvgIpc) is 3.83. The summed E-state index contributed by atoms with van der Waals surface area (Å²) in [5.41, 5.74) is 9.10. The molecule has 11 aromatic rings. The molecule has 5 heteroatoms. The van der Waals surface area contributed by atoms with Crippen LogP contribution in [0.25, 0.3) is 109 Å². The molecule has 0 N–H and O–H groups in total. The Kier molecular flexibility index (Phi) is 7.50. The Morgan fingerprint density at radius 2 is 1.19 bits per heavy atom. The molecule has 0 spiro atoms. The molecule has 3 heterocycles. The van der Waals surface area contributed by atoms with Crippen LogP contribution in [-0.2, 0) is 0 Å². The molecule has 0 saturated carbocycles. The molecule has 58 heavy (non-hydrogen) atoms. The molecule has 0 unspecified atom stereocenters. The van der Waals surface area contributed by atoms with Gasteiger partial charge in [0.2, 0.25) is 0 Å². The van der Waals surface area contributed by atoms with Gasteiger partial charge in [0, 0.05) is 47.8 Å². The van der Waals surface area contributed by atoms with Crippen LogP contribution in [0.5, 0.6) is 0 Å². The quantitative estimate of drug-likeness (QED) is 0.176. The summed E-state index contributed by atoms with van der Waals surface area (Å²) in [6, 6.07) is 59.4. The number of nitrogens with zero attached hydrogens (tertiary/aromatic N) is 4. The van der Waals surface area contributed by atoms with Crippen LogP contribution >= 0.6 is 11.3 Å². The zero-order valence-electron chi connectivity index (χ0n) is 31.4. The van der Waals surface area contributed by atoms with E-state index >= 15 is 0 Å². The first-order valence-corrected chi connectivity index (χ1v) is 20.6. The molecular formula is C53H34N4S. The molecule has 0 bridgehead atoms. The van der Waals surface area contributed by atoms with Crippen molar-refractivity contribution in [3.8, 4) is 39.6 Å². The zero-order valence-corrected chi connectivity index (χ0v) is 32.2. The highest BCUT2D eigenvalue weighted by Gasteiger charge is 2.19. The second-order valence-corrected chi connectivity index (χ2v) is 16.2. The van der Waals surface area contributed by atoms with Crippen molar-refractivity contribution in [3.63, 3.8) is 0 Å². The third-order valence-electron chi connectivity index (χ3n) is 11.7. The number of hydrogen-bond donors (Lipinski definition) is 0. The summed E-state index contributed by atoms with van der Waals surface area (Å²) >= 11 is 1.84. The number of rotatable bonds is 5. The van der Waals surface area contributed by atoms with E-state index in [0.29, 0.717) is 11.6 Å². The average molecular weight is 759 g/mol. The summed E-state index contributed by atoms with van der Waals surface area (Å²) < 4.78 is 4.90. The van der Waals surface area contributed by atoms with E-state index in [1.807, 2.05) is 29.5 Å². The smallest absolute Gasteiger partial charge is 0.164 e. The second-order valence-electron chi connectivity index (χ2n) is 15.1. The lowest BCUT2D eigenvalue weighted by Crippen LogP contribution is -2.03. The fourth-order valence-electron chi connectivity index (χ4n) is 8.92. The molecule has 4 nitrogen and oxygen atoms in total. The molecule has 0 atom stereocenters. The van der Waals surface area contributed by atoms with Crippen LogP contribution in [0.1, 0.15) is 18.7 Å². The van der Waals surface area contributed by atoms with Crippen molar-refractivity contribution >= 4 is 80.4 Å². The molecule has 1 aliphatic carbocycles. The second kappa shape index (κ2) is 13.2. The number of aromatic nitrogens is 4. The summed E-state index contributed by atoms with van der Waals surface area (Å²) in [4.78, 5) is 15.1. The third-order valence-corrected chi connectivity index (χ3v) is 12.8. The Labute approximate surface area is 338 Å². The van der Waals surface area contributed by atoms with Gasteiger partial charge in [-0.2, -0.15) is 0 Å². The van der Waals surface area contributed by atoms with E-state index in [1.165, 1.54) is 74.6 Å². The van der Waals surface area contributed by atoms with Crippen LogP contribution in [0.3, 0.4) is 0 Å². The molecule has 8 aromatic carbocycles. The third kappa shape index (κ3) is 5.32. The highest BCUT2D eigenvalue weighted by Crippen LogP contribution is 2.44. The van der Waals surface area contributed by atoms with Crippen LogP contribution in [0, 0.1) is 0 Å². The van der Waals surface area contributed by atoms with Gasteiger partial charge < -0.3 is 4.57 Å². The van der Waals surface area contributed by atoms with Gasteiger partial charge in [0.25, 0.3) is 0 Å². The lowest BCUT2D eigenvalue weighted by molar-refractivity contribution is 0.978. The molecule has 1 aliphatic rings. The van der Waals surface area contributed by atoms with Gasteiger partial charge in [-0.15, -0.1) is 11.3 Å². The van der Waals surface area contributed by atoms with E-state index in [0.717, 1.165) is 41.1 Å². The first-order chi connectivity index (χ1) is 28.7. The van der Waals surface area contributed by atoms with E-state index in [4.69, 9.17) is 15.0 Å². The maximum atomic E-state index is 5.08. The fraction of sp³-hybridized carbons (Fsp3) is 0.0377. The lowest BCUT2D eigenvalue weighted by atomic mass is 9.94. The minimum Gasteiger partial charge on any atom is -0.309 e. The summed E-state index contributed by atoms with van der Waals surface area (Å²) in [6.07, 6.45) is 8.33. The standard InChI is InChI=1S/C53H34N4S/c1-3-14-33(15-4-1)51-54-52(34-16-5-2-6-17-34)56-53(55-51)38-26-27-43-48(31-38)58-49-32-44(40-22-9-10-24-42(40)50(43)49)37-20-13-21-39(28-37)57-46-25-12-11-23-41(46)45-29-35-18-7-8-19-36(35)30-47(45)57/h1-5,7-16,18-32H,6,17H2. The summed E-state index contributed by atoms with van der Waals surface area (Å²) in [6.45, 7) is 0. The van der Waals surface area contributed by atoms with Crippen LogP contribution in [-0.4, -0.2) is 19.5 Å². The minimum atomic E-state index is 0.694. The van der Waals surface area contributed by atoms with Crippen LogP contribution in [0.15, 0.2) is 182 Å². The van der Waals surface area contributed by atoms with Crippen molar-refractivity contribution in [2.45, 2.75) is 12.8 Å². The summed E-state index contributed by atoms with van der Waals surface area (Å²) in [5, 5.41) is 10.1. The maximum Gasteiger partial charge on any atom is 0.164 e. The maximum absolute atomic E-state index is 5.08. The molecule has 12 rings (SSSR count).